The molecule has 0 bridgehead atoms. The van der Waals surface area contributed by atoms with Crippen LogP contribution >= 0.6 is 11.3 Å². The molecule has 2 aromatic heterocycles. The van der Waals surface area contributed by atoms with E-state index in [4.69, 9.17) is 4.99 Å². The SMILES string of the molecule is Cc1cccc2c(C=Nc3sc4c(c3C#N)CC[C@H](C(C)(C)C)C4)c(-c3ccccc3)[nH]c12. The van der Waals surface area contributed by atoms with E-state index in [9.17, 15) is 5.26 Å². The number of fused-ring (bicyclic) bond motifs is 2. The average Bonchev–Trinajstić information content (AvgIpc) is 3.35. The summed E-state index contributed by atoms with van der Waals surface area (Å²) < 4.78 is 0. The minimum absolute atomic E-state index is 0.282. The Morgan fingerprint density at radius 2 is 1.91 bits per heavy atom. The molecule has 1 aliphatic carbocycles. The number of nitriles is 1. The van der Waals surface area contributed by atoms with E-state index in [1.807, 2.05) is 12.3 Å². The van der Waals surface area contributed by atoms with Gasteiger partial charge in [0.1, 0.15) is 11.1 Å². The first-order valence-electron chi connectivity index (χ1n) is 11.6. The molecule has 166 valence electrons. The summed E-state index contributed by atoms with van der Waals surface area (Å²) in [5.74, 6) is 0.647. The van der Waals surface area contributed by atoms with E-state index < -0.39 is 0 Å². The quantitative estimate of drug-likeness (QED) is 0.315. The van der Waals surface area contributed by atoms with Gasteiger partial charge in [-0.3, -0.25) is 0 Å². The molecule has 4 heteroatoms. The largest absolute Gasteiger partial charge is 0.354 e. The molecule has 33 heavy (non-hydrogen) atoms. The third-order valence-electron chi connectivity index (χ3n) is 7.04. The summed E-state index contributed by atoms with van der Waals surface area (Å²) in [6.07, 6.45) is 5.13. The van der Waals surface area contributed by atoms with Crippen molar-refractivity contribution in [1.82, 2.24) is 4.98 Å². The highest BCUT2D eigenvalue weighted by molar-refractivity contribution is 7.16. The Morgan fingerprint density at radius 1 is 1.12 bits per heavy atom. The average molecular weight is 452 g/mol. The predicted octanol–water partition coefficient (Wildman–Crippen LogP) is 7.98. The van der Waals surface area contributed by atoms with E-state index in [1.54, 1.807) is 11.3 Å². The highest BCUT2D eigenvalue weighted by Crippen LogP contribution is 2.45. The summed E-state index contributed by atoms with van der Waals surface area (Å²) in [5.41, 5.74) is 7.90. The molecule has 0 aliphatic heterocycles. The number of nitrogens with zero attached hydrogens (tertiary/aromatic N) is 2. The Morgan fingerprint density at radius 3 is 2.64 bits per heavy atom. The number of aromatic nitrogens is 1. The lowest BCUT2D eigenvalue weighted by atomic mass is 9.72. The highest BCUT2D eigenvalue weighted by Gasteiger charge is 2.32. The minimum Gasteiger partial charge on any atom is -0.354 e. The maximum Gasteiger partial charge on any atom is 0.134 e. The van der Waals surface area contributed by atoms with Gasteiger partial charge in [0.05, 0.1) is 11.3 Å². The molecule has 0 saturated carbocycles. The summed E-state index contributed by atoms with van der Waals surface area (Å²) >= 11 is 1.71. The molecule has 1 aliphatic rings. The Balaban J connectivity index is 1.60. The van der Waals surface area contributed by atoms with Crippen LogP contribution in [0.2, 0.25) is 0 Å². The number of H-pyrrole nitrogens is 1. The van der Waals surface area contributed by atoms with Gasteiger partial charge >= 0.3 is 0 Å². The van der Waals surface area contributed by atoms with Crippen LogP contribution < -0.4 is 0 Å². The van der Waals surface area contributed by atoms with E-state index in [0.717, 1.165) is 57.6 Å². The third kappa shape index (κ3) is 3.92. The lowest BCUT2D eigenvalue weighted by Gasteiger charge is -2.33. The van der Waals surface area contributed by atoms with Gasteiger partial charge in [0.15, 0.2) is 0 Å². The molecule has 0 radical (unpaired) electrons. The van der Waals surface area contributed by atoms with Crippen molar-refractivity contribution >= 4 is 33.5 Å². The first-order valence-corrected chi connectivity index (χ1v) is 12.4. The van der Waals surface area contributed by atoms with Crippen molar-refractivity contribution in [3.8, 4) is 17.3 Å². The standard InChI is InChI=1S/C29H29N3S/c1-18-9-8-12-22-24(27(32-26(18)22)19-10-6-5-7-11-19)17-31-28-23(16-30)21-14-13-20(29(2,3)4)15-25(21)33-28/h5-12,17,20,32H,13-15H2,1-4H3/t20-/m0/s1. The molecule has 3 nitrogen and oxygen atoms in total. The molecule has 0 amide bonds. The van der Waals surface area contributed by atoms with Gasteiger partial charge in [-0.2, -0.15) is 5.26 Å². The van der Waals surface area contributed by atoms with Crippen LogP contribution in [0.5, 0.6) is 0 Å². The molecule has 1 atom stereocenters. The van der Waals surface area contributed by atoms with Gasteiger partial charge in [-0.05, 0) is 54.2 Å². The maximum absolute atomic E-state index is 9.96. The molecule has 5 rings (SSSR count). The van der Waals surface area contributed by atoms with Crippen LogP contribution in [0.15, 0.2) is 53.5 Å². The Labute approximate surface area is 199 Å². The number of thiophene rings is 1. The molecular formula is C29H29N3S. The summed E-state index contributed by atoms with van der Waals surface area (Å²) in [4.78, 5) is 9.91. The molecule has 0 spiro atoms. The highest BCUT2D eigenvalue weighted by atomic mass is 32.1. The molecule has 0 saturated heterocycles. The zero-order chi connectivity index (χ0) is 23.2. The van der Waals surface area contributed by atoms with Gasteiger partial charge in [0.25, 0.3) is 0 Å². The number of para-hydroxylation sites is 1. The number of aryl methyl sites for hydroxylation is 1. The Hall–Kier alpha value is -3.16. The first-order chi connectivity index (χ1) is 15.9. The van der Waals surface area contributed by atoms with E-state index in [1.165, 1.54) is 16.0 Å². The second kappa shape index (κ2) is 8.32. The van der Waals surface area contributed by atoms with Gasteiger partial charge in [0.2, 0.25) is 0 Å². The van der Waals surface area contributed by atoms with Crippen LogP contribution in [0, 0.1) is 29.6 Å². The lowest BCUT2D eigenvalue weighted by Crippen LogP contribution is -2.26. The number of benzene rings is 2. The summed E-state index contributed by atoms with van der Waals surface area (Å²) in [6, 6.07) is 19.2. The van der Waals surface area contributed by atoms with Crippen LogP contribution in [0.3, 0.4) is 0 Å². The zero-order valence-electron chi connectivity index (χ0n) is 19.7. The van der Waals surface area contributed by atoms with Crippen molar-refractivity contribution in [2.24, 2.45) is 16.3 Å². The summed E-state index contributed by atoms with van der Waals surface area (Å²) in [6.45, 7) is 9.10. The van der Waals surface area contributed by atoms with Gasteiger partial charge in [-0.1, -0.05) is 69.3 Å². The number of rotatable bonds is 3. The van der Waals surface area contributed by atoms with E-state index >= 15 is 0 Å². The van der Waals surface area contributed by atoms with E-state index in [-0.39, 0.29) is 5.41 Å². The molecule has 0 unspecified atom stereocenters. The summed E-state index contributed by atoms with van der Waals surface area (Å²) in [7, 11) is 0. The van der Waals surface area contributed by atoms with Gasteiger partial charge in [-0.25, -0.2) is 4.99 Å². The molecule has 2 aromatic carbocycles. The summed E-state index contributed by atoms with van der Waals surface area (Å²) in [5, 5.41) is 12.0. The van der Waals surface area contributed by atoms with Crippen LogP contribution in [0.25, 0.3) is 22.2 Å². The van der Waals surface area contributed by atoms with Crippen molar-refractivity contribution < 1.29 is 0 Å². The second-order valence-corrected chi connectivity index (χ2v) is 11.2. The Bertz CT molecular complexity index is 1390. The fourth-order valence-electron chi connectivity index (χ4n) is 4.99. The topological polar surface area (TPSA) is 51.9 Å². The fraction of sp³-hybridized carbons (Fsp3) is 0.310. The van der Waals surface area contributed by atoms with Crippen molar-refractivity contribution in [3.05, 3.63) is 75.7 Å². The van der Waals surface area contributed by atoms with Crippen LogP contribution in [-0.4, -0.2) is 11.2 Å². The molecule has 0 fully saturated rings. The van der Waals surface area contributed by atoms with Crippen LogP contribution in [0.1, 0.15) is 54.3 Å². The van der Waals surface area contributed by atoms with Gasteiger partial charge in [-0.15, -0.1) is 11.3 Å². The number of nitrogens with one attached hydrogen (secondary N) is 1. The van der Waals surface area contributed by atoms with Crippen LogP contribution in [-0.2, 0) is 12.8 Å². The van der Waals surface area contributed by atoms with Crippen molar-refractivity contribution in [3.63, 3.8) is 0 Å². The van der Waals surface area contributed by atoms with E-state index in [0.29, 0.717) is 5.92 Å². The Kier molecular flexibility index (Phi) is 5.46. The van der Waals surface area contributed by atoms with Gasteiger partial charge < -0.3 is 4.98 Å². The number of hydrogen-bond acceptors (Lipinski definition) is 3. The smallest absolute Gasteiger partial charge is 0.134 e. The maximum atomic E-state index is 9.96. The molecular weight excluding hydrogens is 422 g/mol. The second-order valence-electron chi connectivity index (χ2n) is 10.1. The monoisotopic (exact) mass is 451 g/mol. The van der Waals surface area contributed by atoms with E-state index in [2.05, 4.69) is 81.2 Å². The van der Waals surface area contributed by atoms with Crippen molar-refractivity contribution in [2.75, 3.05) is 0 Å². The lowest BCUT2D eigenvalue weighted by molar-refractivity contribution is 0.218. The normalized spacial score (nSPS) is 16.3. The van der Waals surface area contributed by atoms with Gasteiger partial charge in [0, 0.05) is 27.6 Å². The minimum atomic E-state index is 0.282. The van der Waals surface area contributed by atoms with Crippen LogP contribution in [0.4, 0.5) is 5.00 Å². The zero-order valence-corrected chi connectivity index (χ0v) is 20.5. The fourth-order valence-corrected chi connectivity index (χ4v) is 6.21. The number of aromatic amines is 1. The molecule has 2 heterocycles. The number of aliphatic imine (C=N–C) groups is 1. The first kappa shape index (κ1) is 21.7. The predicted molar refractivity (Wildman–Crippen MR) is 140 cm³/mol. The number of hydrogen-bond donors (Lipinski definition) is 1. The van der Waals surface area contributed by atoms with Crippen molar-refractivity contribution in [1.29, 1.82) is 5.26 Å². The molecule has 4 aromatic rings. The van der Waals surface area contributed by atoms with Crippen molar-refractivity contribution in [2.45, 2.75) is 47.0 Å². The molecule has 1 N–H and O–H groups in total. The third-order valence-corrected chi connectivity index (χ3v) is 8.20.